The van der Waals surface area contributed by atoms with Crippen LogP contribution in [-0.4, -0.2) is 25.4 Å². The van der Waals surface area contributed by atoms with Gasteiger partial charge in [0, 0.05) is 18.8 Å². The molecule has 21 heavy (non-hydrogen) atoms. The van der Waals surface area contributed by atoms with E-state index in [2.05, 4.69) is 12.2 Å². The number of aromatic hydroxyl groups is 1. The van der Waals surface area contributed by atoms with E-state index >= 15 is 0 Å². The second kappa shape index (κ2) is 7.55. The van der Waals surface area contributed by atoms with Gasteiger partial charge in [-0.1, -0.05) is 12.1 Å². The van der Waals surface area contributed by atoms with E-state index in [0.717, 1.165) is 17.0 Å². The predicted octanol–water partition coefficient (Wildman–Crippen LogP) is 3.59. The molecular formula is C17H21NO3. The third-order valence-corrected chi connectivity index (χ3v) is 3.16. The Morgan fingerprint density at radius 3 is 2.52 bits per heavy atom. The maximum atomic E-state index is 9.51. The number of rotatable bonds is 7. The van der Waals surface area contributed by atoms with Crippen molar-refractivity contribution < 1.29 is 14.6 Å². The summed E-state index contributed by atoms with van der Waals surface area (Å²) in [6, 6.07) is 15.2. The summed E-state index contributed by atoms with van der Waals surface area (Å²) in [5.41, 5.74) is 2.04. The van der Waals surface area contributed by atoms with Gasteiger partial charge in [0.25, 0.3) is 0 Å². The van der Waals surface area contributed by atoms with Gasteiger partial charge in [-0.05, 0) is 48.9 Å². The zero-order chi connectivity index (χ0) is 15.1. The van der Waals surface area contributed by atoms with Crippen molar-refractivity contribution in [2.75, 3.05) is 25.6 Å². The molecule has 1 unspecified atom stereocenters. The molecule has 4 nitrogen and oxygen atoms in total. The van der Waals surface area contributed by atoms with Crippen molar-refractivity contribution in [3.05, 3.63) is 54.1 Å². The third kappa shape index (κ3) is 4.68. The lowest BCUT2D eigenvalue weighted by Gasteiger charge is -2.16. The standard InChI is InChI=1S/C17H21NO3/c1-13(14-4-3-5-16(19)12-14)18-15-6-8-17(9-7-15)21-11-10-20-2/h3-9,12-13,18-19H,10-11H2,1-2H3. The molecule has 0 aliphatic carbocycles. The summed E-state index contributed by atoms with van der Waals surface area (Å²) in [6.45, 7) is 3.18. The summed E-state index contributed by atoms with van der Waals surface area (Å²) >= 11 is 0. The molecule has 0 saturated heterocycles. The van der Waals surface area contributed by atoms with Crippen molar-refractivity contribution in [2.24, 2.45) is 0 Å². The Bertz CT molecular complexity index is 554. The fraction of sp³-hybridized carbons (Fsp3) is 0.294. The summed E-state index contributed by atoms with van der Waals surface area (Å²) in [7, 11) is 1.65. The third-order valence-electron chi connectivity index (χ3n) is 3.16. The zero-order valence-corrected chi connectivity index (χ0v) is 12.4. The lowest BCUT2D eigenvalue weighted by Crippen LogP contribution is -2.07. The van der Waals surface area contributed by atoms with Crippen molar-refractivity contribution in [1.29, 1.82) is 0 Å². The molecule has 0 radical (unpaired) electrons. The van der Waals surface area contributed by atoms with Crippen molar-refractivity contribution in [3.63, 3.8) is 0 Å². The Kier molecular flexibility index (Phi) is 5.46. The second-order valence-electron chi connectivity index (χ2n) is 4.83. The molecule has 2 rings (SSSR count). The minimum Gasteiger partial charge on any atom is -0.508 e. The number of benzene rings is 2. The van der Waals surface area contributed by atoms with E-state index in [1.165, 1.54) is 0 Å². The van der Waals surface area contributed by atoms with E-state index < -0.39 is 0 Å². The molecule has 2 aromatic carbocycles. The number of hydrogen-bond donors (Lipinski definition) is 2. The first-order valence-electron chi connectivity index (χ1n) is 6.96. The molecule has 0 amide bonds. The number of anilines is 1. The topological polar surface area (TPSA) is 50.7 Å². The number of ether oxygens (including phenoxy) is 2. The lowest BCUT2D eigenvalue weighted by atomic mass is 10.1. The molecule has 2 aromatic rings. The van der Waals surface area contributed by atoms with Crippen LogP contribution in [0.5, 0.6) is 11.5 Å². The minimum atomic E-state index is 0.109. The SMILES string of the molecule is COCCOc1ccc(NC(C)c2cccc(O)c2)cc1. The highest BCUT2D eigenvalue weighted by molar-refractivity contribution is 5.48. The summed E-state index contributed by atoms with van der Waals surface area (Å²) < 4.78 is 10.5. The van der Waals surface area contributed by atoms with Gasteiger partial charge in [0.15, 0.2) is 0 Å². The van der Waals surface area contributed by atoms with Gasteiger partial charge in [0.1, 0.15) is 18.1 Å². The van der Waals surface area contributed by atoms with E-state index in [9.17, 15) is 5.11 Å². The summed E-state index contributed by atoms with van der Waals surface area (Å²) in [6.07, 6.45) is 0. The first-order chi connectivity index (χ1) is 10.2. The smallest absolute Gasteiger partial charge is 0.119 e. The monoisotopic (exact) mass is 287 g/mol. The average molecular weight is 287 g/mol. The highest BCUT2D eigenvalue weighted by Gasteiger charge is 2.06. The molecule has 0 aliphatic rings. The van der Waals surface area contributed by atoms with E-state index in [1.807, 2.05) is 36.4 Å². The fourth-order valence-corrected chi connectivity index (χ4v) is 2.02. The normalized spacial score (nSPS) is 11.9. The Morgan fingerprint density at radius 1 is 1.10 bits per heavy atom. The Morgan fingerprint density at radius 2 is 1.86 bits per heavy atom. The lowest BCUT2D eigenvalue weighted by molar-refractivity contribution is 0.146. The van der Waals surface area contributed by atoms with Crippen LogP contribution in [0, 0.1) is 0 Å². The van der Waals surface area contributed by atoms with Crippen LogP contribution in [0.15, 0.2) is 48.5 Å². The predicted molar refractivity (Wildman–Crippen MR) is 84.0 cm³/mol. The number of phenols is 1. The molecule has 2 N–H and O–H groups in total. The number of hydrogen-bond acceptors (Lipinski definition) is 4. The first kappa shape index (κ1) is 15.2. The van der Waals surface area contributed by atoms with Crippen LogP contribution in [0.25, 0.3) is 0 Å². The molecule has 0 saturated carbocycles. The van der Waals surface area contributed by atoms with Gasteiger partial charge in [-0.2, -0.15) is 0 Å². The van der Waals surface area contributed by atoms with Crippen LogP contribution in [0.2, 0.25) is 0 Å². The molecule has 0 aliphatic heterocycles. The Hall–Kier alpha value is -2.20. The van der Waals surface area contributed by atoms with Crippen LogP contribution in [-0.2, 0) is 4.74 Å². The fourth-order valence-electron chi connectivity index (χ4n) is 2.02. The highest BCUT2D eigenvalue weighted by atomic mass is 16.5. The van der Waals surface area contributed by atoms with Gasteiger partial charge in [-0.25, -0.2) is 0 Å². The van der Waals surface area contributed by atoms with Gasteiger partial charge in [-0.3, -0.25) is 0 Å². The largest absolute Gasteiger partial charge is 0.508 e. The van der Waals surface area contributed by atoms with E-state index in [1.54, 1.807) is 19.2 Å². The van der Waals surface area contributed by atoms with Gasteiger partial charge in [0.2, 0.25) is 0 Å². The average Bonchev–Trinajstić information content (AvgIpc) is 2.49. The first-order valence-corrected chi connectivity index (χ1v) is 6.96. The molecule has 1 atom stereocenters. The van der Waals surface area contributed by atoms with E-state index in [-0.39, 0.29) is 11.8 Å². The maximum absolute atomic E-state index is 9.51. The number of methoxy groups -OCH3 is 1. The highest BCUT2D eigenvalue weighted by Crippen LogP contribution is 2.23. The van der Waals surface area contributed by atoms with Crippen LogP contribution in [0.3, 0.4) is 0 Å². The van der Waals surface area contributed by atoms with E-state index in [4.69, 9.17) is 9.47 Å². The minimum absolute atomic E-state index is 0.109. The maximum Gasteiger partial charge on any atom is 0.119 e. The summed E-state index contributed by atoms with van der Waals surface area (Å²) in [4.78, 5) is 0. The summed E-state index contributed by atoms with van der Waals surface area (Å²) in [5, 5.41) is 12.9. The zero-order valence-electron chi connectivity index (χ0n) is 12.4. The Labute approximate surface area is 125 Å². The molecule has 0 fully saturated rings. The van der Waals surface area contributed by atoms with Gasteiger partial charge in [-0.15, -0.1) is 0 Å². The van der Waals surface area contributed by atoms with Crippen LogP contribution in [0.4, 0.5) is 5.69 Å². The molecule has 0 spiro atoms. The molecule has 112 valence electrons. The van der Waals surface area contributed by atoms with Crippen LogP contribution < -0.4 is 10.1 Å². The Balaban J connectivity index is 1.93. The van der Waals surface area contributed by atoms with E-state index in [0.29, 0.717) is 13.2 Å². The van der Waals surface area contributed by atoms with Gasteiger partial charge in [0.05, 0.1) is 6.61 Å². The number of nitrogens with one attached hydrogen (secondary N) is 1. The van der Waals surface area contributed by atoms with Crippen molar-refractivity contribution in [1.82, 2.24) is 0 Å². The van der Waals surface area contributed by atoms with Gasteiger partial charge >= 0.3 is 0 Å². The van der Waals surface area contributed by atoms with Crippen molar-refractivity contribution in [3.8, 4) is 11.5 Å². The molecule has 4 heteroatoms. The number of phenolic OH excluding ortho intramolecular Hbond substituents is 1. The molecular weight excluding hydrogens is 266 g/mol. The van der Waals surface area contributed by atoms with Crippen molar-refractivity contribution >= 4 is 5.69 Å². The van der Waals surface area contributed by atoms with Crippen molar-refractivity contribution in [2.45, 2.75) is 13.0 Å². The second-order valence-corrected chi connectivity index (χ2v) is 4.83. The summed E-state index contributed by atoms with van der Waals surface area (Å²) in [5.74, 6) is 1.10. The molecule has 0 bridgehead atoms. The molecule has 0 aromatic heterocycles. The molecule has 0 heterocycles. The van der Waals surface area contributed by atoms with Crippen LogP contribution in [0.1, 0.15) is 18.5 Å². The van der Waals surface area contributed by atoms with Crippen LogP contribution >= 0.6 is 0 Å². The quantitative estimate of drug-likeness (QED) is 0.764. The van der Waals surface area contributed by atoms with Gasteiger partial charge < -0.3 is 19.9 Å².